The maximum atomic E-state index is 4.47. The van der Waals surface area contributed by atoms with Gasteiger partial charge in [0.25, 0.3) is 0 Å². The quantitative estimate of drug-likeness (QED) is 0.0571. The molecule has 0 amide bonds. The van der Waals surface area contributed by atoms with Crippen molar-refractivity contribution in [2.45, 2.75) is 0 Å². The Morgan fingerprint density at radius 2 is 0.878 bits per heavy atom. The molecule has 0 radical (unpaired) electrons. The molecule has 0 aliphatic carbocycles. The Bertz CT molecular complexity index is 3900. The molecule has 10 heteroatoms. The predicted octanol–water partition coefficient (Wildman–Crippen LogP) is 19.7. The molecule has 0 unspecified atom stereocenters. The van der Waals surface area contributed by atoms with Crippen LogP contribution < -0.4 is 5.32 Å². The third kappa shape index (κ3) is 16.5. The minimum Gasteiger partial charge on any atom is -0.443 e. The molecule has 10 aromatic carbocycles. The first-order valence-electron chi connectivity index (χ1n) is 26.2. The van der Waals surface area contributed by atoms with E-state index in [9.17, 15) is 0 Å². The molecule has 0 aliphatic heterocycles. The van der Waals surface area contributed by atoms with Crippen molar-refractivity contribution in [3.8, 4) is 39.3 Å². The summed E-state index contributed by atoms with van der Waals surface area (Å²) in [4.78, 5) is 17.3. The molecule has 13 rings (SSSR count). The van der Waals surface area contributed by atoms with Gasteiger partial charge in [-0.2, -0.15) is 0 Å². The number of rotatable bonds is 12. The molecule has 3 heterocycles. The molecule has 0 spiro atoms. The van der Waals surface area contributed by atoms with E-state index in [4.69, 9.17) is 0 Å². The average molecular weight is 1240 g/mol. The van der Waals surface area contributed by atoms with E-state index in [-0.39, 0.29) is 40.8 Å². The van der Waals surface area contributed by atoms with Crippen molar-refractivity contribution >= 4 is 68.6 Å². The third-order valence-corrected chi connectivity index (χ3v) is 12.5. The van der Waals surface area contributed by atoms with E-state index in [0.29, 0.717) is 0 Å². The fourth-order valence-corrected chi connectivity index (χ4v) is 8.61. The Morgan fingerprint density at radius 1 is 0.402 bits per heavy atom. The minimum absolute atomic E-state index is 0. The van der Waals surface area contributed by atoms with Crippen LogP contribution in [0.5, 0.6) is 0 Å². The molecule has 0 saturated heterocycles. The molecule has 0 aliphatic rings. The number of para-hydroxylation sites is 8. The van der Waals surface area contributed by atoms with Crippen LogP contribution in [0.15, 0.2) is 320 Å². The van der Waals surface area contributed by atoms with E-state index in [1.807, 2.05) is 200 Å². The average Bonchev–Trinajstić information content (AvgIpc) is 3.90. The Morgan fingerprint density at radius 3 is 1.43 bits per heavy atom. The van der Waals surface area contributed by atoms with Gasteiger partial charge in [0, 0.05) is 35.0 Å². The van der Waals surface area contributed by atoms with Gasteiger partial charge in [0.1, 0.15) is 0 Å². The van der Waals surface area contributed by atoms with Crippen LogP contribution in [-0.4, -0.2) is 27.2 Å². The van der Waals surface area contributed by atoms with E-state index in [1.54, 1.807) is 18.9 Å². The third-order valence-electron chi connectivity index (χ3n) is 12.5. The summed E-state index contributed by atoms with van der Waals surface area (Å²) < 4.78 is 2.31. The Kier molecular flexibility index (Phi) is 22.3. The van der Waals surface area contributed by atoms with Gasteiger partial charge in [0.15, 0.2) is 0 Å². The van der Waals surface area contributed by atoms with Gasteiger partial charge < -0.3 is 40.5 Å². The summed E-state index contributed by atoms with van der Waals surface area (Å²) in [7, 11) is 0. The van der Waals surface area contributed by atoms with Gasteiger partial charge in [-0.1, -0.05) is 242 Å². The van der Waals surface area contributed by atoms with Gasteiger partial charge in [-0.25, -0.2) is 0 Å². The van der Waals surface area contributed by atoms with Crippen LogP contribution in [0.2, 0.25) is 0 Å². The maximum Gasteiger partial charge on any atom is 2.00 e. The molecular formula is C72H54N8Pd2. The van der Waals surface area contributed by atoms with Crippen LogP contribution in [-0.2, 0) is 40.8 Å². The van der Waals surface area contributed by atoms with E-state index < -0.39 is 0 Å². The molecule has 0 fully saturated rings. The second kappa shape index (κ2) is 31.2. The fraction of sp³-hybridized carbons (Fsp3) is 0. The number of nitrogens with one attached hydrogen (secondary N) is 1. The van der Waals surface area contributed by atoms with Crippen LogP contribution in [0.1, 0.15) is 0 Å². The van der Waals surface area contributed by atoms with Crippen molar-refractivity contribution in [2.24, 2.45) is 9.98 Å². The first kappa shape index (κ1) is 58.5. The topological polar surface area (TPSA) is 95.7 Å². The molecule has 82 heavy (non-hydrogen) atoms. The van der Waals surface area contributed by atoms with E-state index in [1.165, 1.54) is 21.8 Å². The smallest absolute Gasteiger partial charge is 0.443 e. The van der Waals surface area contributed by atoms with Gasteiger partial charge in [0.2, 0.25) is 0 Å². The normalized spacial score (nSPS) is 10.4. The Labute approximate surface area is 507 Å². The van der Waals surface area contributed by atoms with E-state index >= 15 is 0 Å². The van der Waals surface area contributed by atoms with E-state index in [0.717, 1.165) is 73.5 Å². The van der Waals surface area contributed by atoms with Gasteiger partial charge in [0.05, 0.1) is 0 Å². The standard InChI is InChI=1S/C23H15N2.C23H17N2.2C13H11N2.2Pd/c1-2-8-18(9-3-1)25-22-12-5-4-10-19(22)20-14-13-17(16-23(20)25)21-11-6-7-15-24-21;1-2-8-20(9-3-1)25-23-12-5-4-10-21(23)18-13-15-19(16-14-18)22-11-6-7-17-24-22;2*1-3-7-12(8-4-1)14-11-15-13-9-5-2-6-10-13;;/h1-12,14-16H;1-15,17,25H;2*1-11H;;/q4*-1;2*+2. The predicted molar refractivity (Wildman–Crippen MR) is 335 cm³/mol. The number of pyridine rings is 2. The summed E-state index contributed by atoms with van der Waals surface area (Å²) in [6.07, 6.45) is 6.77. The molecule has 0 atom stereocenters. The molecule has 8 nitrogen and oxygen atoms in total. The van der Waals surface area contributed by atoms with Crippen LogP contribution in [0.4, 0.5) is 34.1 Å². The van der Waals surface area contributed by atoms with Crippen LogP contribution in [0, 0.1) is 12.1 Å². The Hall–Kier alpha value is -9.64. The second-order valence-electron chi connectivity index (χ2n) is 17.9. The summed E-state index contributed by atoms with van der Waals surface area (Å²) in [5.41, 5.74) is 15.5. The van der Waals surface area contributed by atoms with Crippen molar-refractivity contribution in [3.63, 3.8) is 0 Å². The van der Waals surface area contributed by atoms with Crippen molar-refractivity contribution in [3.05, 3.63) is 332 Å². The SMILES string of the molecule is C(=Nc1ccccc1)[N-]c1ccccc1.C(=Nc1ccccc1)[N-]c1ccccc1.[Pd+2].[Pd+2].[c-]1cc(-c2ccccc2Nc2ccccc2)ccc1-c1ccccn1.[c-]1cc2c3ccccc3n(-c3ccccc3)c2cc1-c1ccccn1. The summed E-state index contributed by atoms with van der Waals surface area (Å²) in [5.74, 6) is 0. The minimum atomic E-state index is 0. The number of anilines is 2. The van der Waals surface area contributed by atoms with Gasteiger partial charge >= 0.3 is 40.8 Å². The monoisotopic (exact) mass is 1240 g/mol. The zero-order valence-corrected chi connectivity index (χ0v) is 47.5. The maximum absolute atomic E-state index is 4.47. The molecule has 0 bridgehead atoms. The Balaban J connectivity index is 0.000000146. The summed E-state index contributed by atoms with van der Waals surface area (Å²) in [6.45, 7) is 0. The number of hydrogen-bond acceptors (Lipinski definition) is 5. The van der Waals surface area contributed by atoms with Gasteiger partial charge in [-0.15, -0.1) is 53.6 Å². The summed E-state index contributed by atoms with van der Waals surface area (Å²) in [6, 6.07) is 106. The van der Waals surface area contributed by atoms with Crippen molar-refractivity contribution < 1.29 is 40.8 Å². The number of fused-ring (bicyclic) bond motifs is 3. The van der Waals surface area contributed by atoms with Crippen molar-refractivity contribution in [1.29, 1.82) is 0 Å². The molecule has 13 aromatic rings. The number of aromatic nitrogens is 3. The van der Waals surface area contributed by atoms with Gasteiger partial charge in [-0.05, 0) is 99.1 Å². The first-order chi connectivity index (χ1) is 39.7. The summed E-state index contributed by atoms with van der Waals surface area (Å²) in [5, 5.41) is 14.4. The molecule has 0 saturated carbocycles. The first-order valence-corrected chi connectivity index (χ1v) is 26.2. The van der Waals surface area contributed by atoms with E-state index in [2.05, 4.69) is 156 Å². The van der Waals surface area contributed by atoms with Crippen LogP contribution >= 0.6 is 0 Å². The largest absolute Gasteiger partial charge is 2.00 e. The number of benzene rings is 10. The molecule has 1 N–H and O–H groups in total. The number of aliphatic imine (C=N–C) groups is 2. The zero-order chi connectivity index (χ0) is 54.2. The number of nitrogens with zero attached hydrogens (tertiary/aromatic N) is 7. The molecule has 3 aromatic heterocycles. The molecular weight excluding hydrogens is 1190 g/mol. The fourth-order valence-electron chi connectivity index (χ4n) is 8.61. The second-order valence-corrected chi connectivity index (χ2v) is 17.9. The summed E-state index contributed by atoms with van der Waals surface area (Å²) >= 11 is 0. The van der Waals surface area contributed by atoms with Crippen LogP contribution in [0.25, 0.3) is 71.8 Å². The molecule has 402 valence electrons. The van der Waals surface area contributed by atoms with Crippen molar-refractivity contribution in [1.82, 2.24) is 14.5 Å². The zero-order valence-electron chi connectivity index (χ0n) is 44.4. The number of hydrogen-bond donors (Lipinski definition) is 1. The van der Waals surface area contributed by atoms with Gasteiger partial charge in [-0.3, -0.25) is 0 Å². The van der Waals surface area contributed by atoms with Crippen molar-refractivity contribution in [2.75, 3.05) is 5.32 Å². The van der Waals surface area contributed by atoms with Crippen LogP contribution in [0.3, 0.4) is 0 Å².